The number of anilines is 1. The molecule has 102 valence electrons. The predicted octanol–water partition coefficient (Wildman–Crippen LogP) is 2.38. The first kappa shape index (κ1) is 12.6. The third-order valence-corrected chi connectivity index (χ3v) is 3.45. The first-order valence-electron chi connectivity index (χ1n) is 6.74. The van der Waals surface area contributed by atoms with Crippen LogP contribution in [0.15, 0.2) is 47.8 Å². The van der Waals surface area contributed by atoms with Crippen LogP contribution >= 0.6 is 0 Å². The molecule has 0 radical (unpaired) electrons. The molecule has 0 saturated carbocycles. The van der Waals surface area contributed by atoms with Gasteiger partial charge in [-0.15, -0.1) is 0 Å². The molecule has 1 atom stereocenters. The van der Waals surface area contributed by atoms with Gasteiger partial charge < -0.3 is 4.98 Å². The third kappa shape index (κ3) is 2.22. The summed E-state index contributed by atoms with van der Waals surface area (Å²) in [4.78, 5) is 19.7. The second-order valence-corrected chi connectivity index (χ2v) is 4.75. The van der Waals surface area contributed by atoms with E-state index < -0.39 is 0 Å². The molecule has 1 N–H and O–H groups in total. The van der Waals surface area contributed by atoms with Crippen LogP contribution in [-0.4, -0.2) is 21.6 Å². The molecule has 1 unspecified atom stereocenters. The Kier molecular flexibility index (Phi) is 3.33. The molecule has 0 fully saturated rings. The van der Waals surface area contributed by atoms with Crippen molar-refractivity contribution in [2.45, 2.75) is 19.8 Å². The Bertz CT molecular complexity index is 619. The van der Waals surface area contributed by atoms with Gasteiger partial charge in [-0.2, -0.15) is 5.10 Å². The standard InChI is InChI=1S/C15H16N4O/c1-2-12-13(10-14-16-8-9-17-14)18-19(15(12)20)11-6-4-3-5-7-11/h3-9,12H,2,10H2,1H3,(H,16,17). The van der Waals surface area contributed by atoms with Crippen molar-refractivity contribution in [2.75, 3.05) is 5.01 Å². The molecule has 2 heterocycles. The lowest BCUT2D eigenvalue weighted by Gasteiger charge is -2.13. The van der Waals surface area contributed by atoms with Crippen LogP contribution in [0.1, 0.15) is 19.2 Å². The molecule has 1 aromatic carbocycles. The van der Waals surface area contributed by atoms with Gasteiger partial charge in [0.1, 0.15) is 5.82 Å². The highest BCUT2D eigenvalue weighted by molar-refractivity contribution is 6.15. The van der Waals surface area contributed by atoms with Gasteiger partial charge in [0, 0.05) is 18.8 Å². The van der Waals surface area contributed by atoms with Crippen LogP contribution in [0.4, 0.5) is 5.69 Å². The smallest absolute Gasteiger partial charge is 0.256 e. The van der Waals surface area contributed by atoms with Crippen molar-refractivity contribution >= 4 is 17.3 Å². The highest BCUT2D eigenvalue weighted by Crippen LogP contribution is 2.26. The number of carbonyl (C=O) groups excluding carboxylic acids is 1. The molecule has 5 nitrogen and oxygen atoms in total. The van der Waals surface area contributed by atoms with Crippen molar-refractivity contribution in [1.82, 2.24) is 9.97 Å². The van der Waals surface area contributed by atoms with E-state index in [0.717, 1.165) is 23.6 Å². The Hall–Kier alpha value is -2.43. The van der Waals surface area contributed by atoms with Gasteiger partial charge in [-0.25, -0.2) is 9.99 Å². The number of benzene rings is 1. The number of nitrogens with one attached hydrogen (secondary N) is 1. The largest absolute Gasteiger partial charge is 0.348 e. The number of imidazole rings is 1. The van der Waals surface area contributed by atoms with Gasteiger partial charge in [-0.05, 0) is 18.6 Å². The molecular weight excluding hydrogens is 252 g/mol. The summed E-state index contributed by atoms with van der Waals surface area (Å²) in [5.41, 5.74) is 1.68. The monoisotopic (exact) mass is 268 g/mol. The maximum atomic E-state index is 12.5. The number of amides is 1. The zero-order chi connectivity index (χ0) is 13.9. The van der Waals surface area contributed by atoms with Crippen LogP contribution in [0.25, 0.3) is 0 Å². The average molecular weight is 268 g/mol. The van der Waals surface area contributed by atoms with Gasteiger partial charge in [0.25, 0.3) is 5.91 Å². The summed E-state index contributed by atoms with van der Waals surface area (Å²) in [6.07, 6.45) is 4.83. The Labute approximate surface area is 117 Å². The normalized spacial score (nSPS) is 18.4. The highest BCUT2D eigenvalue weighted by Gasteiger charge is 2.35. The summed E-state index contributed by atoms with van der Waals surface area (Å²) in [6.45, 7) is 2.01. The zero-order valence-corrected chi connectivity index (χ0v) is 11.3. The molecule has 0 spiro atoms. The molecule has 1 aromatic heterocycles. The Morgan fingerprint density at radius 3 is 2.75 bits per heavy atom. The number of carbonyl (C=O) groups is 1. The van der Waals surface area contributed by atoms with E-state index in [1.165, 1.54) is 5.01 Å². The topological polar surface area (TPSA) is 61.4 Å². The summed E-state index contributed by atoms with van der Waals surface area (Å²) in [5, 5.41) is 6.01. The Balaban J connectivity index is 1.89. The van der Waals surface area contributed by atoms with Crippen LogP contribution in [0, 0.1) is 5.92 Å². The summed E-state index contributed by atoms with van der Waals surface area (Å²) >= 11 is 0. The average Bonchev–Trinajstić information content (AvgIpc) is 3.08. The molecule has 0 aliphatic carbocycles. The van der Waals surface area contributed by atoms with E-state index in [9.17, 15) is 4.79 Å². The van der Waals surface area contributed by atoms with E-state index in [1.807, 2.05) is 37.3 Å². The number of hydrazone groups is 1. The van der Waals surface area contributed by atoms with Crippen LogP contribution in [0.3, 0.4) is 0 Å². The van der Waals surface area contributed by atoms with E-state index in [0.29, 0.717) is 6.42 Å². The van der Waals surface area contributed by atoms with Gasteiger partial charge in [0.2, 0.25) is 0 Å². The van der Waals surface area contributed by atoms with Crippen LogP contribution in [0.2, 0.25) is 0 Å². The van der Waals surface area contributed by atoms with E-state index >= 15 is 0 Å². The van der Waals surface area contributed by atoms with Crippen molar-refractivity contribution < 1.29 is 4.79 Å². The third-order valence-electron chi connectivity index (χ3n) is 3.45. The van der Waals surface area contributed by atoms with Gasteiger partial charge in [-0.1, -0.05) is 25.1 Å². The van der Waals surface area contributed by atoms with E-state index in [-0.39, 0.29) is 11.8 Å². The minimum Gasteiger partial charge on any atom is -0.348 e. The number of para-hydroxylation sites is 1. The molecule has 20 heavy (non-hydrogen) atoms. The van der Waals surface area contributed by atoms with Crippen molar-refractivity contribution in [1.29, 1.82) is 0 Å². The molecule has 1 aliphatic rings. The van der Waals surface area contributed by atoms with Gasteiger partial charge in [-0.3, -0.25) is 4.79 Å². The minimum atomic E-state index is -0.152. The summed E-state index contributed by atoms with van der Waals surface area (Å²) < 4.78 is 0. The van der Waals surface area contributed by atoms with Crippen molar-refractivity contribution in [3.63, 3.8) is 0 Å². The number of rotatable bonds is 4. The fourth-order valence-corrected chi connectivity index (χ4v) is 2.43. The number of hydrogen-bond donors (Lipinski definition) is 1. The fraction of sp³-hybridized carbons (Fsp3) is 0.267. The first-order chi connectivity index (χ1) is 9.79. The summed E-state index contributed by atoms with van der Waals surface area (Å²) in [6, 6.07) is 9.52. The highest BCUT2D eigenvalue weighted by atomic mass is 16.2. The Morgan fingerprint density at radius 1 is 1.30 bits per heavy atom. The lowest BCUT2D eigenvalue weighted by molar-refractivity contribution is -0.119. The van der Waals surface area contributed by atoms with Crippen LogP contribution in [-0.2, 0) is 11.2 Å². The lowest BCUT2D eigenvalue weighted by Crippen LogP contribution is -2.27. The molecule has 5 heteroatoms. The second kappa shape index (κ2) is 5.28. The van der Waals surface area contributed by atoms with Crippen LogP contribution < -0.4 is 5.01 Å². The number of hydrogen-bond acceptors (Lipinski definition) is 3. The number of nitrogens with zero attached hydrogens (tertiary/aromatic N) is 3. The molecule has 0 bridgehead atoms. The van der Waals surface area contributed by atoms with Crippen LogP contribution in [0.5, 0.6) is 0 Å². The Morgan fingerprint density at radius 2 is 2.10 bits per heavy atom. The SMILES string of the molecule is CCC1C(=O)N(c2ccccc2)N=C1Cc1ncc[nH]1. The summed E-state index contributed by atoms with van der Waals surface area (Å²) in [5.74, 6) is 0.727. The van der Waals surface area contributed by atoms with Crippen molar-refractivity contribution in [3.8, 4) is 0 Å². The zero-order valence-electron chi connectivity index (χ0n) is 11.3. The maximum absolute atomic E-state index is 12.5. The summed E-state index contributed by atoms with van der Waals surface area (Å²) in [7, 11) is 0. The quantitative estimate of drug-likeness (QED) is 0.925. The minimum absolute atomic E-state index is 0.0419. The number of H-pyrrole nitrogens is 1. The van der Waals surface area contributed by atoms with E-state index in [1.54, 1.807) is 12.4 Å². The number of aromatic nitrogens is 2. The molecule has 3 rings (SSSR count). The molecule has 1 amide bonds. The van der Waals surface area contributed by atoms with Gasteiger partial charge in [0.15, 0.2) is 0 Å². The van der Waals surface area contributed by atoms with Crippen molar-refractivity contribution in [3.05, 3.63) is 48.5 Å². The molecule has 2 aromatic rings. The van der Waals surface area contributed by atoms with E-state index in [4.69, 9.17) is 0 Å². The lowest BCUT2D eigenvalue weighted by atomic mass is 9.98. The van der Waals surface area contributed by atoms with Gasteiger partial charge in [0.05, 0.1) is 17.3 Å². The van der Waals surface area contributed by atoms with E-state index in [2.05, 4.69) is 15.1 Å². The predicted molar refractivity (Wildman–Crippen MR) is 77.4 cm³/mol. The van der Waals surface area contributed by atoms with Gasteiger partial charge >= 0.3 is 0 Å². The molecule has 0 saturated heterocycles. The maximum Gasteiger partial charge on any atom is 0.256 e. The fourth-order valence-electron chi connectivity index (χ4n) is 2.43. The number of aromatic amines is 1. The molecular formula is C15H16N4O. The van der Waals surface area contributed by atoms with Crippen molar-refractivity contribution in [2.24, 2.45) is 11.0 Å². The molecule has 1 aliphatic heterocycles. The first-order valence-corrected chi connectivity index (χ1v) is 6.74. The second-order valence-electron chi connectivity index (χ2n) is 4.75.